The van der Waals surface area contributed by atoms with Gasteiger partial charge in [-0.25, -0.2) is 10.8 Å². The number of hydrogen-bond acceptors (Lipinski definition) is 6. The summed E-state index contributed by atoms with van der Waals surface area (Å²) in [5.41, 5.74) is 2.46. The van der Waals surface area contributed by atoms with Crippen molar-refractivity contribution in [2.45, 2.75) is 20.3 Å². The van der Waals surface area contributed by atoms with Gasteiger partial charge >= 0.3 is 0 Å². The molecule has 0 aromatic carbocycles. The number of hydrazine groups is 1. The molecule has 0 saturated heterocycles. The van der Waals surface area contributed by atoms with E-state index >= 15 is 0 Å². The molecule has 1 rings (SSSR count). The van der Waals surface area contributed by atoms with Crippen LogP contribution in [-0.2, 0) is 4.74 Å². The molecule has 1 aromatic rings. The van der Waals surface area contributed by atoms with E-state index in [-0.39, 0.29) is 0 Å². The number of nitrogens with two attached hydrogens (primary N) is 1. The van der Waals surface area contributed by atoms with Crippen molar-refractivity contribution in [3.63, 3.8) is 0 Å². The molecule has 0 radical (unpaired) electrons. The highest BCUT2D eigenvalue weighted by atomic mass is 16.5. The van der Waals surface area contributed by atoms with Gasteiger partial charge in [0, 0.05) is 12.7 Å². The Labute approximate surface area is 95.1 Å². The Hall–Kier alpha value is -1.40. The Balaban J connectivity index is 2.38. The van der Waals surface area contributed by atoms with Gasteiger partial charge < -0.3 is 14.9 Å². The Morgan fingerprint density at radius 2 is 2.12 bits per heavy atom. The standard InChI is InChI=1S/C10H18N4O2/c1-3-4-15-5-6-16-10-7-9(14-11)12-8(2)13-10/h7H,3-6,11H2,1-2H3,(H,12,13,14). The summed E-state index contributed by atoms with van der Waals surface area (Å²) < 4.78 is 10.7. The first-order chi connectivity index (χ1) is 7.76. The molecule has 16 heavy (non-hydrogen) atoms. The van der Waals surface area contributed by atoms with Crippen molar-refractivity contribution in [1.29, 1.82) is 0 Å². The number of aryl methyl sites for hydroxylation is 1. The maximum Gasteiger partial charge on any atom is 0.218 e. The van der Waals surface area contributed by atoms with Crippen molar-refractivity contribution < 1.29 is 9.47 Å². The quantitative estimate of drug-likeness (QED) is 0.408. The summed E-state index contributed by atoms with van der Waals surface area (Å²) >= 11 is 0. The fourth-order valence-electron chi connectivity index (χ4n) is 1.14. The van der Waals surface area contributed by atoms with Crippen LogP contribution in [-0.4, -0.2) is 29.8 Å². The van der Waals surface area contributed by atoms with Gasteiger partial charge in [0.2, 0.25) is 5.88 Å². The van der Waals surface area contributed by atoms with Gasteiger partial charge in [0.1, 0.15) is 18.2 Å². The highest BCUT2D eigenvalue weighted by Crippen LogP contribution is 2.11. The molecule has 0 atom stereocenters. The first-order valence-corrected chi connectivity index (χ1v) is 5.29. The van der Waals surface area contributed by atoms with Gasteiger partial charge in [-0.2, -0.15) is 4.98 Å². The maximum atomic E-state index is 5.40. The van der Waals surface area contributed by atoms with Crippen molar-refractivity contribution in [1.82, 2.24) is 9.97 Å². The van der Waals surface area contributed by atoms with Crippen LogP contribution >= 0.6 is 0 Å². The number of nitrogen functional groups attached to an aromatic ring is 1. The van der Waals surface area contributed by atoms with E-state index < -0.39 is 0 Å². The number of nitrogens with zero attached hydrogens (tertiary/aromatic N) is 2. The molecular formula is C10H18N4O2. The van der Waals surface area contributed by atoms with Crippen molar-refractivity contribution in [2.75, 3.05) is 25.2 Å². The number of rotatable bonds is 7. The van der Waals surface area contributed by atoms with Gasteiger partial charge in [-0.15, -0.1) is 0 Å². The van der Waals surface area contributed by atoms with Crippen LogP contribution in [0, 0.1) is 6.92 Å². The van der Waals surface area contributed by atoms with Crippen LogP contribution in [0.3, 0.4) is 0 Å². The number of hydrogen-bond donors (Lipinski definition) is 2. The van der Waals surface area contributed by atoms with Crippen LogP contribution in [0.25, 0.3) is 0 Å². The fraction of sp³-hybridized carbons (Fsp3) is 0.600. The zero-order valence-electron chi connectivity index (χ0n) is 9.69. The molecular weight excluding hydrogens is 208 g/mol. The Bertz CT molecular complexity index is 320. The van der Waals surface area contributed by atoms with Crippen LogP contribution < -0.4 is 16.0 Å². The van der Waals surface area contributed by atoms with Gasteiger partial charge in [0.25, 0.3) is 0 Å². The highest BCUT2D eigenvalue weighted by Gasteiger charge is 2.01. The predicted molar refractivity (Wildman–Crippen MR) is 61.2 cm³/mol. The summed E-state index contributed by atoms with van der Waals surface area (Å²) in [7, 11) is 0. The molecule has 3 N–H and O–H groups in total. The molecule has 1 heterocycles. The SMILES string of the molecule is CCCOCCOc1cc(NN)nc(C)n1. The first kappa shape index (κ1) is 12.7. The number of ether oxygens (including phenoxy) is 2. The molecule has 1 aromatic heterocycles. The summed E-state index contributed by atoms with van der Waals surface area (Å²) in [5.74, 6) is 6.91. The van der Waals surface area contributed by atoms with Gasteiger partial charge in [-0.3, -0.25) is 0 Å². The van der Waals surface area contributed by atoms with Crippen molar-refractivity contribution in [3.8, 4) is 5.88 Å². The Morgan fingerprint density at radius 3 is 2.81 bits per heavy atom. The second-order valence-corrected chi connectivity index (χ2v) is 3.24. The third-order valence-electron chi connectivity index (χ3n) is 1.79. The van der Waals surface area contributed by atoms with E-state index in [0.29, 0.717) is 30.7 Å². The molecule has 0 unspecified atom stereocenters. The van der Waals surface area contributed by atoms with Crippen LogP contribution in [0.4, 0.5) is 5.82 Å². The molecule has 0 spiro atoms. The summed E-state index contributed by atoms with van der Waals surface area (Å²) in [6.45, 7) is 5.62. The topological polar surface area (TPSA) is 82.3 Å². The van der Waals surface area contributed by atoms with Gasteiger partial charge in [-0.1, -0.05) is 6.92 Å². The largest absolute Gasteiger partial charge is 0.475 e. The molecule has 90 valence electrons. The molecule has 0 amide bonds. The third-order valence-corrected chi connectivity index (χ3v) is 1.79. The smallest absolute Gasteiger partial charge is 0.218 e. The zero-order valence-corrected chi connectivity index (χ0v) is 9.69. The summed E-state index contributed by atoms with van der Waals surface area (Å²) in [6.07, 6.45) is 1.01. The average molecular weight is 226 g/mol. The summed E-state index contributed by atoms with van der Waals surface area (Å²) in [6, 6.07) is 1.65. The zero-order chi connectivity index (χ0) is 11.8. The van der Waals surface area contributed by atoms with Crippen molar-refractivity contribution in [3.05, 3.63) is 11.9 Å². The second kappa shape index (κ2) is 6.97. The number of anilines is 1. The normalized spacial score (nSPS) is 10.2. The molecule has 6 nitrogen and oxygen atoms in total. The van der Waals surface area contributed by atoms with Gasteiger partial charge in [0.05, 0.1) is 6.61 Å². The Kier molecular flexibility index (Phi) is 5.52. The number of nitrogens with one attached hydrogen (secondary N) is 1. The summed E-state index contributed by atoms with van der Waals surface area (Å²) in [4.78, 5) is 8.17. The van der Waals surface area contributed by atoms with E-state index in [4.69, 9.17) is 15.3 Å². The van der Waals surface area contributed by atoms with Crippen LogP contribution in [0.15, 0.2) is 6.07 Å². The Morgan fingerprint density at radius 1 is 1.31 bits per heavy atom. The summed E-state index contributed by atoms with van der Waals surface area (Å²) in [5, 5.41) is 0. The monoisotopic (exact) mass is 226 g/mol. The molecule has 0 bridgehead atoms. The average Bonchev–Trinajstić information content (AvgIpc) is 2.28. The van der Waals surface area contributed by atoms with E-state index in [1.807, 2.05) is 0 Å². The van der Waals surface area contributed by atoms with Crippen LogP contribution in [0.1, 0.15) is 19.2 Å². The minimum Gasteiger partial charge on any atom is -0.475 e. The molecule has 6 heteroatoms. The van der Waals surface area contributed by atoms with Gasteiger partial charge in [0.15, 0.2) is 0 Å². The second-order valence-electron chi connectivity index (χ2n) is 3.24. The predicted octanol–water partition coefficient (Wildman–Crippen LogP) is 0.876. The lowest BCUT2D eigenvalue weighted by Crippen LogP contribution is -2.12. The molecule has 0 aliphatic heterocycles. The van der Waals surface area contributed by atoms with Crippen molar-refractivity contribution >= 4 is 5.82 Å². The lowest BCUT2D eigenvalue weighted by molar-refractivity contribution is 0.0989. The minimum atomic E-state index is 0.473. The fourth-order valence-corrected chi connectivity index (χ4v) is 1.14. The van der Waals surface area contributed by atoms with Crippen LogP contribution in [0.5, 0.6) is 5.88 Å². The van der Waals surface area contributed by atoms with Crippen LogP contribution in [0.2, 0.25) is 0 Å². The van der Waals surface area contributed by atoms with Gasteiger partial charge in [-0.05, 0) is 13.3 Å². The molecule has 0 aliphatic carbocycles. The molecule has 0 fully saturated rings. The van der Waals surface area contributed by atoms with Crippen molar-refractivity contribution in [2.24, 2.45) is 5.84 Å². The lowest BCUT2D eigenvalue weighted by atomic mass is 10.5. The lowest BCUT2D eigenvalue weighted by Gasteiger charge is -2.07. The number of aromatic nitrogens is 2. The molecule has 0 aliphatic rings. The third kappa shape index (κ3) is 4.41. The van der Waals surface area contributed by atoms with E-state index in [1.54, 1.807) is 13.0 Å². The maximum absolute atomic E-state index is 5.40. The van der Waals surface area contributed by atoms with E-state index in [9.17, 15) is 0 Å². The van der Waals surface area contributed by atoms with E-state index in [1.165, 1.54) is 0 Å². The highest BCUT2D eigenvalue weighted by molar-refractivity contribution is 5.36. The first-order valence-electron chi connectivity index (χ1n) is 5.29. The van der Waals surface area contributed by atoms with E-state index in [0.717, 1.165) is 13.0 Å². The minimum absolute atomic E-state index is 0.473. The van der Waals surface area contributed by atoms with E-state index in [2.05, 4.69) is 22.3 Å². The molecule has 0 saturated carbocycles.